The molecule has 0 aromatic rings. The second-order valence-corrected chi connectivity index (χ2v) is 8.30. The minimum absolute atomic E-state index is 0.168. The van der Waals surface area contributed by atoms with E-state index >= 15 is 0 Å². The summed E-state index contributed by atoms with van der Waals surface area (Å²) in [5, 5.41) is 20.6. The number of rotatable bonds is 2. The van der Waals surface area contributed by atoms with Gasteiger partial charge in [-0.05, 0) is 44.6 Å². The summed E-state index contributed by atoms with van der Waals surface area (Å²) in [5.74, 6) is 2.48. The molecule has 0 unspecified atom stereocenters. The standard InChI is InChI=1S/C13H22O2S2/c1-12(2,14)10-4-6-13(15,7-5-10)11-16-8-3-9-17-11/h4,6,10-11,14-15H,3,5,7-9H2,1-2H3/t10-,13-/m1/s1. The topological polar surface area (TPSA) is 40.5 Å². The summed E-state index contributed by atoms with van der Waals surface area (Å²) >= 11 is 3.75. The van der Waals surface area contributed by atoms with Gasteiger partial charge >= 0.3 is 0 Å². The number of hydrogen-bond acceptors (Lipinski definition) is 4. The predicted molar refractivity (Wildman–Crippen MR) is 76.4 cm³/mol. The Hall–Kier alpha value is 0.360. The van der Waals surface area contributed by atoms with Crippen LogP contribution in [-0.4, -0.2) is 37.5 Å². The molecule has 2 atom stereocenters. The van der Waals surface area contributed by atoms with Crippen molar-refractivity contribution in [3.8, 4) is 0 Å². The third-order valence-corrected chi connectivity index (χ3v) is 6.90. The van der Waals surface area contributed by atoms with Crippen molar-refractivity contribution < 1.29 is 10.2 Å². The largest absolute Gasteiger partial charge is 0.390 e. The third kappa shape index (κ3) is 3.22. The van der Waals surface area contributed by atoms with Crippen molar-refractivity contribution >= 4 is 23.5 Å². The summed E-state index contributed by atoms with van der Waals surface area (Å²) in [5.41, 5.74) is -1.35. The zero-order chi connectivity index (χ0) is 12.5. The maximum absolute atomic E-state index is 10.7. The van der Waals surface area contributed by atoms with Gasteiger partial charge in [-0.25, -0.2) is 0 Å². The van der Waals surface area contributed by atoms with Crippen LogP contribution in [0.2, 0.25) is 0 Å². The summed E-state index contributed by atoms with van der Waals surface area (Å²) < 4.78 is 0.273. The van der Waals surface area contributed by atoms with Crippen LogP contribution in [0.4, 0.5) is 0 Å². The van der Waals surface area contributed by atoms with E-state index in [1.807, 2.05) is 49.5 Å². The first-order chi connectivity index (χ1) is 7.92. The fourth-order valence-electron chi connectivity index (χ4n) is 2.41. The molecule has 98 valence electrons. The Labute approximate surface area is 112 Å². The van der Waals surface area contributed by atoms with Crippen LogP contribution >= 0.6 is 23.5 Å². The Balaban J connectivity index is 2.04. The van der Waals surface area contributed by atoms with Crippen LogP contribution in [0, 0.1) is 5.92 Å². The van der Waals surface area contributed by atoms with E-state index < -0.39 is 11.2 Å². The molecule has 1 aliphatic carbocycles. The highest BCUT2D eigenvalue weighted by molar-refractivity contribution is 8.17. The van der Waals surface area contributed by atoms with Gasteiger partial charge in [-0.15, -0.1) is 23.5 Å². The van der Waals surface area contributed by atoms with Crippen LogP contribution in [0.25, 0.3) is 0 Å². The molecule has 0 saturated carbocycles. The lowest BCUT2D eigenvalue weighted by atomic mass is 9.78. The molecule has 0 aromatic heterocycles. The molecule has 0 aromatic carbocycles. The first-order valence-corrected chi connectivity index (χ1v) is 8.39. The third-order valence-electron chi connectivity index (χ3n) is 3.62. The van der Waals surface area contributed by atoms with Gasteiger partial charge in [0.1, 0.15) is 5.60 Å². The molecule has 2 nitrogen and oxygen atoms in total. The monoisotopic (exact) mass is 274 g/mol. The van der Waals surface area contributed by atoms with Gasteiger partial charge in [0.15, 0.2) is 0 Å². The van der Waals surface area contributed by atoms with Gasteiger partial charge in [0.05, 0.1) is 10.2 Å². The van der Waals surface area contributed by atoms with Gasteiger partial charge in [-0.2, -0.15) is 0 Å². The van der Waals surface area contributed by atoms with Crippen molar-refractivity contribution in [1.29, 1.82) is 0 Å². The minimum atomic E-state index is -0.676. The summed E-state index contributed by atoms with van der Waals surface area (Å²) in [6.45, 7) is 3.69. The maximum Gasteiger partial charge on any atom is 0.104 e. The van der Waals surface area contributed by atoms with E-state index in [9.17, 15) is 10.2 Å². The first-order valence-electron chi connectivity index (χ1n) is 6.29. The fraction of sp³-hybridized carbons (Fsp3) is 0.846. The van der Waals surface area contributed by atoms with Crippen molar-refractivity contribution in [3.05, 3.63) is 12.2 Å². The molecule has 1 aliphatic heterocycles. The molecule has 1 fully saturated rings. The average molecular weight is 274 g/mol. The van der Waals surface area contributed by atoms with Gasteiger partial charge in [0.2, 0.25) is 0 Å². The van der Waals surface area contributed by atoms with Crippen molar-refractivity contribution in [2.45, 2.75) is 48.9 Å². The number of thioether (sulfide) groups is 2. The van der Waals surface area contributed by atoms with Crippen LogP contribution in [0.1, 0.15) is 33.1 Å². The van der Waals surface area contributed by atoms with Crippen LogP contribution in [0.3, 0.4) is 0 Å². The average Bonchev–Trinajstić information content (AvgIpc) is 2.29. The Kier molecular flexibility index (Phi) is 4.18. The van der Waals surface area contributed by atoms with E-state index in [2.05, 4.69) is 0 Å². The molecule has 4 heteroatoms. The summed E-state index contributed by atoms with van der Waals surface area (Å²) in [6.07, 6.45) is 6.84. The van der Waals surface area contributed by atoms with E-state index in [4.69, 9.17) is 0 Å². The van der Waals surface area contributed by atoms with Crippen molar-refractivity contribution in [2.75, 3.05) is 11.5 Å². The molecule has 17 heavy (non-hydrogen) atoms. The van der Waals surface area contributed by atoms with E-state index in [0.29, 0.717) is 0 Å². The lowest BCUT2D eigenvalue weighted by Crippen LogP contribution is -2.43. The highest BCUT2D eigenvalue weighted by Gasteiger charge is 2.40. The molecule has 0 radical (unpaired) electrons. The molecular formula is C13H22O2S2. The van der Waals surface area contributed by atoms with E-state index in [1.165, 1.54) is 6.42 Å². The molecule has 1 heterocycles. The Morgan fingerprint density at radius 2 is 1.94 bits per heavy atom. The molecule has 2 rings (SSSR count). The molecule has 2 N–H and O–H groups in total. The predicted octanol–water partition coefficient (Wildman–Crippen LogP) is 2.65. The minimum Gasteiger partial charge on any atom is -0.390 e. The highest BCUT2D eigenvalue weighted by atomic mass is 32.2. The molecular weight excluding hydrogens is 252 g/mol. The molecule has 2 aliphatic rings. The zero-order valence-corrected chi connectivity index (χ0v) is 12.2. The SMILES string of the molecule is CC(C)(O)[C@@H]1C=C[C@](O)(C2SCCCS2)CC1. The van der Waals surface area contributed by atoms with Crippen molar-refractivity contribution in [2.24, 2.45) is 5.92 Å². The van der Waals surface area contributed by atoms with Gasteiger partial charge in [0, 0.05) is 5.92 Å². The quantitative estimate of drug-likeness (QED) is 0.760. The molecule has 0 amide bonds. The van der Waals surface area contributed by atoms with E-state index in [0.717, 1.165) is 24.3 Å². The second-order valence-electron chi connectivity index (χ2n) is 5.58. The number of aliphatic hydroxyl groups is 2. The van der Waals surface area contributed by atoms with Crippen LogP contribution in [0.5, 0.6) is 0 Å². The van der Waals surface area contributed by atoms with Crippen LogP contribution < -0.4 is 0 Å². The van der Waals surface area contributed by atoms with E-state index in [1.54, 1.807) is 0 Å². The van der Waals surface area contributed by atoms with Crippen molar-refractivity contribution in [1.82, 2.24) is 0 Å². The maximum atomic E-state index is 10.7. The van der Waals surface area contributed by atoms with Gasteiger partial charge in [-0.1, -0.05) is 12.2 Å². The normalized spacial score (nSPS) is 36.1. The Bertz CT molecular complexity index is 292. The second kappa shape index (κ2) is 5.16. The smallest absolute Gasteiger partial charge is 0.104 e. The van der Waals surface area contributed by atoms with Gasteiger partial charge in [0.25, 0.3) is 0 Å². The highest BCUT2D eigenvalue weighted by Crippen LogP contribution is 2.44. The fourth-order valence-corrected chi connectivity index (χ4v) is 5.58. The van der Waals surface area contributed by atoms with Crippen LogP contribution in [0.15, 0.2) is 12.2 Å². The molecule has 0 spiro atoms. The number of hydrogen-bond donors (Lipinski definition) is 2. The Morgan fingerprint density at radius 1 is 1.29 bits per heavy atom. The summed E-state index contributed by atoms with van der Waals surface area (Å²) in [6, 6.07) is 0. The first kappa shape index (κ1) is 13.8. The zero-order valence-electron chi connectivity index (χ0n) is 10.6. The van der Waals surface area contributed by atoms with Crippen LogP contribution in [-0.2, 0) is 0 Å². The summed E-state index contributed by atoms with van der Waals surface area (Å²) in [4.78, 5) is 0. The van der Waals surface area contributed by atoms with E-state index in [-0.39, 0.29) is 10.5 Å². The molecule has 0 bridgehead atoms. The van der Waals surface area contributed by atoms with Gasteiger partial charge < -0.3 is 10.2 Å². The molecule has 1 saturated heterocycles. The lowest BCUT2D eigenvalue weighted by molar-refractivity contribution is 0.0108. The summed E-state index contributed by atoms with van der Waals surface area (Å²) in [7, 11) is 0. The van der Waals surface area contributed by atoms with Crippen molar-refractivity contribution in [3.63, 3.8) is 0 Å². The van der Waals surface area contributed by atoms with Gasteiger partial charge in [-0.3, -0.25) is 0 Å². The Morgan fingerprint density at radius 3 is 2.41 bits per heavy atom. The lowest BCUT2D eigenvalue weighted by Gasteiger charge is -2.40.